The van der Waals surface area contributed by atoms with E-state index in [0.717, 1.165) is 29.5 Å². The predicted molar refractivity (Wildman–Crippen MR) is 87.8 cm³/mol. The van der Waals surface area contributed by atoms with Gasteiger partial charge in [-0.2, -0.15) is 0 Å². The molecule has 4 unspecified atom stereocenters. The van der Waals surface area contributed by atoms with E-state index in [1.165, 1.54) is 5.56 Å². The van der Waals surface area contributed by atoms with Crippen LogP contribution in [0.15, 0.2) is 18.2 Å². The van der Waals surface area contributed by atoms with Crippen molar-refractivity contribution in [2.75, 3.05) is 0 Å². The maximum Gasteiger partial charge on any atom is 0.309 e. The van der Waals surface area contributed by atoms with Gasteiger partial charge in [0.05, 0.1) is 18.6 Å². The first-order valence-corrected chi connectivity index (χ1v) is 8.30. The zero-order valence-corrected chi connectivity index (χ0v) is 13.7. The highest BCUT2D eigenvalue weighted by Crippen LogP contribution is 2.37. The summed E-state index contributed by atoms with van der Waals surface area (Å²) in [6, 6.07) is 4.18. The van der Waals surface area contributed by atoms with E-state index >= 15 is 0 Å². The number of rotatable bonds is 2. The van der Waals surface area contributed by atoms with Gasteiger partial charge < -0.3 is 14.9 Å². The average Bonchev–Trinajstić information content (AvgIpc) is 2.45. The first-order valence-electron chi connectivity index (χ1n) is 8.30. The van der Waals surface area contributed by atoms with Crippen LogP contribution in [-0.2, 0) is 16.0 Å². The van der Waals surface area contributed by atoms with Crippen LogP contribution in [0.3, 0.4) is 0 Å². The lowest BCUT2D eigenvalue weighted by atomic mass is 9.79. The monoisotopic (exact) mass is 316 g/mol. The highest BCUT2D eigenvalue weighted by atomic mass is 16.5. The molecule has 0 amide bonds. The molecule has 4 atom stereocenters. The topological polar surface area (TPSA) is 66.8 Å². The molecule has 23 heavy (non-hydrogen) atoms. The van der Waals surface area contributed by atoms with Gasteiger partial charge in [-0.3, -0.25) is 4.79 Å². The highest BCUT2D eigenvalue weighted by Gasteiger charge is 2.27. The van der Waals surface area contributed by atoms with Crippen molar-refractivity contribution < 1.29 is 19.7 Å². The molecule has 124 valence electrons. The van der Waals surface area contributed by atoms with Crippen molar-refractivity contribution >= 4 is 12.0 Å². The van der Waals surface area contributed by atoms with E-state index in [9.17, 15) is 15.0 Å². The molecular weight excluding hydrogens is 292 g/mol. The summed E-state index contributed by atoms with van der Waals surface area (Å²) in [4.78, 5) is 11.4. The number of carbonyl (C=O) groups is 1. The lowest BCUT2D eigenvalue weighted by Gasteiger charge is -2.29. The van der Waals surface area contributed by atoms with Gasteiger partial charge in [0.2, 0.25) is 0 Å². The summed E-state index contributed by atoms with van der Waals surface area (Å²) in [5.41, 5.74) is 4.30. The van der Waals surface area contributed by atoms with E-state index in [1.807, 2.05) is 19.1 Å². The van der Waals surface area contributed by atoms with Gasteiger partial charge in [-0.1, -0.05) is 25.1 Å². The summed E-state index contributed by atoms with van der Waals surface area (Å²) in [6.07, 6.45) is 4.52. The number of aryl methyl sites for hydroxylation is 1. The van der Waals surface area contributed by atoms with Crippen LogP contribution in [-0.4, -0.2) is 28.4 Å². The summed E-state index contributed by atoms with van der Waals surface area (Å²) < 4.78 is 5.26. The molecule has 0 radical (unpaired) electrons. The number of hydrogen-bond acceptors (Lipinski definition) is 4. The minimum atomic E-state index is -0.636. The lowest BCUT2D eigenvalue weighted by Crippen LogP contribution is -2.31. The van der Waals surface area contributed by atoms with Gasteiger partial charge in [-0.25, -0.2) is 0 Å². The second kappa shape index (κ2) is 6.46. The Bertz CT molecular complexity index is 635. The maximum atomic E-state index is 11.4. The molecule has 1 fully saturated rings. The maximum absolute atomic E-state index is 11.4. The van der Waals surface area contributed by atoms with Gasteiger partial charge in [0.15, 0.2) is 0 Å². The van der Waals surface area contributed by atoms with E-state index in [0.29, 0.717) is 12.3 Å². The van der Waals surface area contributed by atoms with Gasteiger partial charge in [0, 0.05) is 6.42 Å². The molecule has 2 N–H and O–H groups in total. The van der Waals surface area contributed by atoms with Gasteiger partial charge >= 0.3 is 5.97 Å². The van der Waals surface area contributed by atoms with E-state index in [1.54, 1.807) is 0 Å². The van der Waals surface area contributed by atoms with Crippen LogP contribution in [0.25, 0.3) is 6.08 Å². The minimum Gasteiger partial charge on any atom is -0.458 e. The fourth-order valence-electron chi connectivity index (χ4n) is 3.67. The third-order valence-electron chi connectivity index (χ3n) is 4.79. The number of fused-ring (bicyclic) bond motifs is 1. The van der Waals surface area contributed by atoms with Gasteiger partial charge in [-0.05, 0) is 54.0 Å². The number of carbonyl (C=O) groups excluding carboxylic acids is 1. The first-order chi connectivity index (χ1) is 10.9. The molecule has 1 aromatic rings. The van der Waals surface area contributed by atoms with E-state index < -0.39 is 18.3 Å². The zero-order valence-electron chi connectivity index (χ0n) is 13.7. The molecule has 1 heterocycles. The molecular formula is C19H24O4. The van der Waals surface area contributed by atoms with Crippen molar-refractivity contribution in [3.05, 3.63) is 40.5 Å². The van der Waals surface area contributed by atoms with Crippen molar-refractivity contribution in [1.29, 1.82) is 0 Å². The van der Waals surface area contributed by atoms with E-state index in [-0.39, 0.29) is 12.4 Å². The number of ether oxygens (including phenoxy) is 1. The molecule has 3 rings (SSSR count). The van der Waals surface area contributed by atoms with Gasteiger partial charge in [0.1, 0.15) is 6.10 Å². The van der Waals surface area contributed by atoms with Crippen LogP contribution in [0, 0.1) is 12.8 Å². The standard InChI is InChI=1S/C19H24O4/c1-11-7-13-4-3-12(2)16(19(13)17(21)8-11)6-5-15-9-14(20)10-18(22)23-15/h3-6,11,14-15,17,20-21H,7-10H2,1-2H3. The summed E-state index contributed by atoms with van der Waals surface area (Å²) in [7, 11) is 0. The van der Waals surface area contributed by atoms with Crippen LogP contribution in [0.4, 0.5) is 0 Å². The quantitative estimate of drug-likeness (QED) is 0.823. The second-order valence-electron chi connectivity index (χ2n) is 6.91. The fourth-order valence-corrected chi connectivity index (χ4v) is 3.67. The number of aliphatic hydroxyl groups is 2. The Kier molecular flexibility index (Phi) is 4.55. The van der Waals surface area contributed by atoms with Crippen molar-refractivity contribution in [2.24, 2.45) is 5.92 Å². The zero-order chi connectivity index (χ0) is 16.6. The van der Waals surface area contributed by atoms with Gasteiger partial charge in [0.25, 0.3) is 0 Å². The van der Waals surface area contributed by atoms with Crippen molar-refractivity contribution in [1.82, 2.24) is 0 Å². The second-order valence-corrected chi connectivity index (χ2v) is 6.91. The normalized spacial score (nSPS) is 31.0. The average molecular weight is 316 g/mol. The molecule has 0 spiro atoms. The molecule has 0 aromatic heterocycles. The predicted octanol–water partition coefficient (Wildman–Crippen LogP) is 2.69. The number of benzene rings is 1. The van der Waals surface area contributed by atoms with Crippen LogP contribution < -0.4 is 0 Å². The Morgan fingerprint density at radius 2 is 2.00 bits per heavy atom. The highest BCUT2D eigenvalue weighted by molar-refractivity contribution is 5.71. The van der Waals surface area contributed by atoms with E-state index in [4.69, 9.17) is 4.74 Å². The Labute approximate surface area is 136 Å². The van der Waals surface area contributed by atoms with Crippen LogP contribution >= 0.6 is 0 Å². The van der Waals surface area contributed by atoms with Crippen molar-refractivity contribution in [2.45, 2.75) is 57.8 Å². The lowest BCUT2D eigenvalue weighted by molar-refractivity contribution is -0.156. The van der Waals surface area contributed by atoms with Crippen molar-refractivity contribution in [3.63, 3.8) is 0 Å². The SMILES string of the molecule is Cc1ccc2c(c1C=CC1CC(O)CC(=O)O1)C(O)CC(C)C2. The molecule has 1 aliphatic carbocycles. The van der Waals surface area contributed by atoms with Crippen LogP contribution in [0.2, 0.25) is 0 Å². The Morgan fingerprint density at radius 1 is 1.22 bits per heavy atom. The summed E-state index contributed by atoms with van der Waals surface area (Å²) in [6.45, 7) is 4.18. The minimum absolute atomic E-state index is 0.0701. The fraction of sp³-hybridized carbons (Fsp3) is 0.526. The van der Waals surface area contributed by atoms with Gasteiger partial charge in [-0.15, -0.1) is 0 Å². The molecule has 1 aliphatic heterocycles. The smallest absolute Gasteiger partial charge is 0.309 e. The van der Waals surface area contributed by atoms with E-state index in [2.05, 4.69) is 19.1 Å². The summed E-state index contributed by atoms with van der Waals surface area (Å²) in [5.74, 6) is 0.116. The molecule has 1 aromatic carbocycles. The number of aliphatic hydroxyl groups excluding tert-OH is 2. The van der Waals surface area contributed by atoms with Crippen LogP contribution in [0.5, 0.6) is 0 Å². The molecule has 0 saturated carbocycles. The van der Waals surface area contributed by atoms with Crippen molar-refractivity contribution in [3.8, 4) is 0 Å². The molecule has 1 saturated heterocycles. The first kappa shape index (κ1) is 16.2. The Balaban J connectivity index is 1.89. The molecule has 0 bridgehead atoms. The third kappa shape index (κ3) is 3.48. The molecule has 4 heteroatoms. The number of hydrogen-bond donors (Lipinski definition) is 2. The summed E-state index contributed by atoms with van der Waals surface area (Å²) >= 11 is 0. The summed E-state index contributed by atoms with van der Waals surface area (Å²) in [5, 5.41) is 20.2. The Morgan fingerprint density at radius 3 is 2.74 bits per heavy atom. The number of esters is 1. The molecule has 2 aliphatic rings. The third-order valence-corrected chi connectivity index (χ3v) is 4.79. The number of cyclic esters (lactones) is 1. The van der Waals surface area contributed by atoms with Crippen LogP contribution in [0.1, 0.15) is 54.5 Å². The molecule has 4 nitrogen and oxygen atoms in total. The Hall–Kier alpha value is -1.65. The largest absolute Gasteiger partial charge is 0.458 e.